The Morgan fingerprint density at radius 3 is 2.42 bits per heavy atom. The van der Waals surface area contributed by atoms with E-state index in [1.165, 1.54) is 0 Å². The van der Waals surface area contributed by atoms with Crippen molar-refractivity contribution in [1.82, 2.24) is 0 Å². The molecular formula is C10H10F3NO5. The van der Waals surface area contributed by atoms with Gasteiger partial charge in [-0.3, -0.25) is 0 Å². The fourth-order valence-corrected chi connectivity index (χ4v) is 1.37. The molecule has 1 rings (SSSR count). The van der Waals surface area contributed by atoms with Gasteiger partial charge in [0.05, 0.1) is 12.2 Å². The number of nitrogens with two attached hydrogens (primary N) is 1. The number of benzene rings is 1. The Hall–Kier alpha value is -2.00. The highest BCUT2D eigenvalue weighted by Gasteiger charge is 2.33. The van der Waals surface area contributed by atoms with E-state index in [2.05, 4.69) is 4.74 Å². The van der Waals surface area contributed by atoms with Gasteiger partial charge in [-0.25, -0.2) is 4.79 Å². The van der Waals surface area contributed by atoms with E-state index in [1.807, 2.05) is 0 Å². The molecule has 0 aromatic heterocycles. The molecule has 0 saturated heterocycles. The second kappa shape index (κ2) is 5.33. The van der Waals surface area contributed by atoms with Crippen molar-refractivity contribution in [2.24, 2.45) is 0 Å². The summed E-state index contributed by atoms with van der Waals surface area (Å²) >= 11 is 0. The molecule has 0 aliphatic carbocycles. The number of hydrogen-bond donors (Lipinski definition) is 4. The lowest BCUT2D eigenvalue weighted by Crippen LogP contribution is -2.20. The van der Waals surface area contributed by atoms with Gasteiger partial charge in [0.15, 0.2) is 0 Å². The lowest BCUT2D eigenvalue weighted by molar-refractivity contribution is -0.275. The Morgan fingerprint density at radius 1 is 1.42 bits per heavy atom. The summed E-state index contributed by atoms with van der Waals surface area (Å²) in [5, 5.41) is 26.8. The third-order valence-corrected chi connectivity index (χ3v) is 2.17. The van der Waals surface area contributed by atoms with Crippen LogP contribution in [-0.2, 0) is 0 Å². The van der Waals surface area contributed by atoms with Gasteiger partial charge in [0, 0.05) is 11.3 Å². The average molecular weight is 281 g/mol. The van der Waals surface area contributed by atoms with Crippen molar-refractivity contribution in [2.45, 2.75) is 12.5 Å². The van der Waals surface area contributed by atoms with Crippen molar-refractivity contribution < 1.29 is 38.0 Å². The Balaban J connectivity index is 3.37. The van der Waals surface area contributed by atoms with Crippen molar-refractivity contribution in [2.75, 3.05) is 12.3 Å². The van der Waals surface area contributed by atoms with Crippen LogP contribution in [-0.4, -0.2) is 34.3 Å². The first-order valence-corrected chi connectivity index (χ1v) is 4.87. The molecule has 0 radical (unpaired) electrons. The maximum absolute atomic E-state index is 12.2. The average Bonchev–Trinajstić information content (AvgIpc) is 2.27. The van der Waals surface area contributed by atoms with Gasteiger partial charge < -0.3 is 25.8 Å². The fraction of sp³-hybridized carbons (Fsp3) is 0.300. The molecule has 0 aliphatic heterocycles. The van der Waals surface area contributed by atoms with Crippen LogP contribution in [0, 0.1) is 0 Å². The van der Waals surface area contributed by atoms with Gasteiger partial charge in [0.1, 0.15) is 11.9 Å². The van der Waals surface area contributed by atoms with Crippen LogP contribution in [0.5, 0.6) is 5.75 Å². The van der Waals surface area contributed by atoms with Gasteiger partial charge in [-0.15, -0.1) is 13.2 Å². The van der Waals surface area contributed by atoms with Gasteiger partial charge in [-0.05, 0) is 12.1 Å². The molecule has 9 heteroatoms. The Kier molecular flexibility index (Phi) is 4.22. The van der Waals surface area contributed by atoms with Crippen LogP contribution in [0.1, 0.15) is 22.0 Å². The number of carboxylic acids is 1. The van der Waals surface area contributed by atoms with Crippen LogP contribution in [0.15, 0.2) is 12.1 Å². The maximum Gasteiger partial charge on any atom is 0.573 e. The van der Waals surface area contributed by atoms with Crippen LogP contribution in [0.3, 0.4) is 0 Å². The molecular weight excluding hydrogens is 271 g/mol. The minimum Gasteiger partial charge on any atom is -0.478 e. The van der Waals surface area contributed by atoms with E-state index >= 15 is 0 Å². The Bertz CT molecular complexity index is 489. The lowest BCUT2D eigenvalue weighted by atomic mass is 10.0. The molecule has 6 nitrogen and oxygen atoms in total. The van der Waals surface area contributed by atoms with Crippen LogP contribution in [0.4, 0.5) is 18.9 Å². The van der Waals surface area contributed by atoms with E-state index in [0.29, 0.717) is 6.07 Å². The number of halogens is 3. The molecule has 0 heterocycles. The highest BCUT2D eigenvalue weighted by Crippen LogP contribution is 2.34. The van der Waals surface area contributed by atoms with Gasteiger partial charge in [-0.1, -0.05) is 0 Å². The van der Waals surface area contributed by atoms with E-state index in [1.54, 1.807) is 0 Å². The summed E-state index contributed by atoms with van der Waals surface area (Å²) in [5.74, 6) is -2.48. The number of aromatic carboxylic acids is 1. The maximum atomic E-state index is 12.2. The van der Waals surface area contributed by atoms with Gasteiger partial charge in [-0.2, -0.15) is 0 Å². The molecule has 0 aliphatic rings. The zero-order valence-corrected chi connectivity index (χ0v) is 9.31. The SMILES string of the molecule is Nc1cc(C(O)CO)c(OC(F)(F)F)cc1C(=O)O. The lowest BCUT2D eigenvalue weighted by Gasteiger charge is -2.17. The van der Waals surface area contributed by atoms with Crippen LogP contribution >= 0.6 is 0 Å². The first kappa shape index (κ1) is 15.1. The van der Waals surface area contributed by atoms with Crippen molar-refractivity contribution in [1.29, 1.82) is 0 Å². The number of hydrogen-bond acceptors (Lipinski definition) is 5. The monoisotopic (exact) mass is 281 g/mol. The third kappa shape index (κ3) is 3.73. The van der Waals surface area contributed by atoms with E-state index < -0.39 is 41.9 Å². The molecule has 1 aromatic carbocycles. The first-order valence-electron chi connectivity index (χ1n) is 4.87. The van der Waals surface area contributed by atoms with Gasteiger partial charge >= 0.3 is 12.3 Å². The number of alkyl halides is 3. The molecule has 5 N–H and O–H groups in total. The summed E-state index contributed by atoms with van der Waals surface area (Å²) in [6.45, 7) is -0.875. The molecule has 1 unspecified atom stereocenters. The number of rotatable bonds is 4. The van der Waals surface area contributed by atoms with E-state index in [-0.39, 0.29) is 5.69 Å². The van der Waals surface area contributed by atoms with E-state index in [0.717, 1.165) is 6.07 Å². The van der Waals surface area contributed by atoms with Crippen molar-refractivity contribution >= 4 is 11.7 Å². The van der Waals surface area contributed by atoms with Gasteiger partial charge in [0.25, 0.3) is 0 Å². The molecule has 0 fully saturated rings. The smallest absolute Gasteiger partial charge is 0.478 e. The summed E-state index contributed by atoms with van der Waals surface area (Å²) in [6, 6.07) is 1.35. The zero-order chi connectivity index (χ0) is 14.8. The standard InChI is InChI=1S/C10H10F3NO5/c11-10(12,13)19-8-2-4(9(17)18)6(14)1-5(8)7(16)3-15/h1-2,7,15-16H,3,14H2,(H,17,18). The topological polar surface area (TPSA) is 113 Å². The molecule has 19 heavy (non-hydrogen) atoms. The van der Waals surface area contributed by atoms with Crippen LogP contribution in [0.25, 0.3) is 0 Å². The molecule has 1 atom stereocenters. The predicted molar refractivity (Wildman–Crippen MR) is 56.5 cm³/mol. The van der Waals surface area contributed by atoms with Crippen molar-refractivity contribution in [3.8, 4) is 5.75 Å². The number of ether oxygens (including phenoxy) is 1. The largest absolute Gasteiger partial charge is 0.573 e. The summed E-state index contributed by atoms with van der Waals surface area (Å²) in [5.41, 5.74) is 3.92. The highest BCUT2D eigenvalue weighted by molar-refractivity contribution is 5.94. The molecule has 0 amide bonds. The molecule has 106 valence electrons. The van der Waals surface area contributed by atoms with Crippen molar-refractivity contribution in [3.63, 3.8) is 0 Å². The van der Waals surface area contributed by atoms with Crippen LogP contribution in [0.2, 0.25) is 0 Å². The summed E-state index contributed by atoms with van der Waals surface area (Å²) in [4.78, 5) is 10.8. The minimum absolute atomic E-state index is 0.357. The minimum atomic E-state index is -5.07. The second-order valence-corrected chi connectivity index (χ2v) is 3.53. The number of carbonyl (C=O) groups is 1. The normalized spacial score (nSPS) is 13.1. The van der Waals surface area contributed by atoms with E-state index in [4.69, 9.17) is 15.9 Å². The number of aliphatic hydroxyl groups excluding tert-OH is 2. The highest BCUT2D eigenvalue weighted by atomic mass is 19.4. The predicted octanol–water partition coefficient (Wildman–Crippen LogP) is 0.891. The third-order valence-electron chi connectivity index (χ3n) is 2.17. The number of nitrogen functional groups attached to an aromatic ring is 1. The number of aliphatic hydroxyl groups is 2. The fourth-order valence-electron chi connectivity index (χ4n) is 1.37. The quantitative estimate of drug-likeness (QED) is 0.610. The molecule has 0 bridgehead atoms. The molecule has 0 saturated carbocycles. The number of carboxylic acid groups (broad SMARTS) is 1. The summed E-state index contributed by atoms with van der Waals surface area (Å²) in [7, 11) is 0. The van der Waals surface area contributed by atoms with Crippen molar-refractivity contribution in [3.05, 3.63) is 23.3 Å². The number of anilines is 1. The molecule has 0 spiro atoms. The zero-order valence-electron chi connectivity index (χ0n) is 9.31. The summed E-state index contributed by atoms with van der Waals surface area (Å²) < 4.78 is 40.1. The second-order valence-electron chi connectivity index (χ2n) is 3.53. The summed E-state index contributed by atoms with van der Waals surface area (Å²) in [6.07, 6.45) is -6.75. The van der Waals surface area contributed by atoms with E-state index in [9.17, 15) is 23.1 Å². The molecule has 1 aromatic rings. The van der Waals surface area contributed by atoms with Crippen LogP contribution < -0.4 is 10.5 Å². The first-order chi connectivity index (χ1) is 8.65. The Morgan fingerprint density at radius 2 is 2.00 bits per heavy atom. The van der Waals surface area contributed by atoms with Gasteiger partial charge in [0.2, 0.25) is 0 Å². The Labute approximate surface area is 104 Å².